The fourth-order valence-corrected chi connectivity index (χ4v) is 2.03. The number of benzene rings is 1. The van der Waals surface area contributed by atoms with Gasteiger partial charge in [-0.15, -0.1) is 0 Å². The molecule has 1 aromatic carbocycles. The number of halogens is 1. The van der Waals surface area contributed by atoms with Gasteiger partial charge in [0.15, 0.2) is 5.78 Å². The molecule has 0 atom stereocenters. The maximum Gasteiger partial charge on any atom is 0.169 e. The minimum absolute atomic E-state index is 0.0150. The molecule has 2 nitrogen and oxygen atoms in total. The normalized spacial score (nSPS) is 10.5. The Labute approximate surface area is 98.8 Å². The zero-order chi connectivity index (χ0) is 11.6. The highest BCUT2D eigenvalue weighted by Gasteiger charge is 2.18. The van der Waals surface area contributed by atoms with Crippen molar-refractivity contribution < 1.29 is 9.53 Å². The molecule has 0 bridgehead atoms. The largest absolute Gasteiger partial charge is 0.496 e. The molecular weight excluding hydrogens is 256 g/mol. The van der Waals surface area contributed by atoms with Crippen LogP contribution in [0, 0.1) is 12.8 Å². The number of carbonyl (C=O) groups excluding carboxylic acids is 1. The van der Waals surface area contributed by atoms with Crippen LogP contribution in [0.15, 0.2) is 16.6 Å². The summed E-state index contributed by atoms with van der Waals surface area (Å²) in [6, 6.07) is 3.75. The van der Waals surface area contributed by atoms with Crippen LogP contribution >= 0.6 is 15.9 Å². The first-order chi connectivity index (χ1) is 6.97. The molecule has 0 unspecified atom stereocenters. The summed E-state index contributed by atoms with van der Waals surface area (Å²) < 4.78 is 6.16. The van der Waals surface area contributed by atoms with Gasteiger partial charge in [-0.3, -0.25) is 4.79 Å². The van der Waals surface area contributed by atoms with Crippen LogP contribution in [0.1, 0.15) is 29.8 Å². The number of ether oxygens (including phenoxy) is 1. The lowest BCUT2D eigenvalue weighted by Gasteiger charge is -2.13. The number of hydrogen-bond donors (Lipinski definition) is 0. The van der Waals surface area contributed by atoms with Gasteiger partial charge in [-0.05, 0) is 24.6 Å². The van der Waals surface area contributed by atoms with E-state index in [-0.39, 0.29) is 11.7 Å². The lowest BCUT2D eigenvalue weighted by atomic mass is 9.96. The molecular formula is C12H15BrO2. The van der Waals surface area contributed by atoms with Crippen LogP contribution in [0.4, 0.5) is 0 Å². The van der Waals surface area contributed by atoms with Crippen molar-refractivity contribution in [1.29, 1.82) is 0 Å². The molecule has 0 fully saturated rings. The van der Waals surface area contributed by atoms with Crippen molar-refractivity contribution in [3.05, 3.63) is 27.7 Å². The fourth-order valence-electron chi connectivity index (χ4n) is 1.48. The molecule has 0 aliphatic carbocycles. The number of ketones is 1. The second-order valence-electron chi connectivity index (χ2n) is 3.82. The molecule has 1 rings (SSSR count). The zero-order valence-electron chi connectivity index (χ0n) is 9.43. The number of aryl methyl sites for hydroxylation is 1. The molecule has 15 heavy (non-hydrogen) atoms. The first kappa shape index (κ1) is 12.2. The molecule has 0 amide bonds. The van der Waals surface area contributed by atoms with E-state index in [2.05, 4.69) is 15.9 Å². The minimum Gasteiger partial charge on any atom is -0.496 e. The Morgan fingerprint density at radius 1 is 1.40 bits per heavy atom. The molecule has 0 heterocycles. The Bertz CT molecular complexity index is 383. The molecule has 0 N–H and O–H groups in total. The first-order valence-corrected chi connectivity index (χ1v) is 5.65. The van der Waals surface area contributed by atoms with Crippen LogP contribution < -0.4 is 4.74 Å². The highest BCUT2D eigenvalue weighted by molar-refractivity contribution is 9.10. The molecule has 0 saturated heterocycles. The van der Waals surface area contributed by atoms with E-state index in [1.165, 1.54) is 0 Å². The van der Waals surface area contributed by atoms with E-state index in [1.54, 1.807) is 7.11 Å². The SMILES string of the molecule is COc1cc(Br)cc(C)c1C(=O)C(C)C. The monoisotopic (exact) mass is 270 g/mol. The van der Waals surface area contributed by atoms with Gasteiger partial charge in [-0.1, -0.05) is 29.8 Å². The summed E-state index contributed by atoms with van der Waals surface area (Å²) in [5.41, 5.74) is 1.63. The number of Topliss-reactive ketones (excluding diaryl/α,β-unsaturated/α-hetero) is 1. The molecule has 0 radical (unpaired) electrons. The predicted molar refractivity (Wildman–Crippen MR) is 64.6 cm³/mol. The van der Waals surface area contributed by atoms with Crippen molar-refractivity contribution in [1.82, 2.24) is 0 Å². The van der Waals surface area contributed by atoms with Gasteiger partial charge in [-0.25, -0.2) is 0 Å². The molecule has 3 heteroatoms. The van der Waals surface area contributed by atoms with Crippen molar-refractivity contribution in [2.75, 3.05) is 7.11 Å². The number of rotatable bonds is 3. The smallest absolute Gasteiger partial charge is 0.169 e. The molecule has 0 aliphatic rings. The maximum absolute atomic E-state index is 12.0. The molecule has 0 spiro atoms. The summed E-state index contributed by atoms with van der Waals surface area (Å²) in [6.45, 7) is 5.70. The lowest BCUT2D eigenvalue weighted by molar-refractivity contribution is 0.0935. The van der Waals surface area contributed by atoms with E-state index in [4.69, 9.17) is 4.74 Å². The Hall–Kier alpha value is -0.830. The van der Waals surface area contributed by atoms with Gasteiger partial charge in [-0.2, -0.15) is 0 Å². The highest BCUT2D eigenvalue weighted by Crippen LogP contribution is 2.29. The second kappa shape index (κ2) is 4.79. The standard InChI is InChI=1S/C12H15BrO2/c1-7(2)12(14)11-8(3)5-9(13)6-10(11)15-4/h5-7H,1-4H3. The number of hydrogen-bond acceptors (Lipinski definition) is 2. The summed E-state index contributed by atoms with van der Waals surface area (Å²) in [5.74, 6) is 0.746. The Morgan fingerprint density at radius 3 is 2.47 bits per heavy atom. The Morgan fingerprint density at radius 2 is 2.00 bits per heavy atom. The van der Waals surface area contributed by atoms with Crippen molar-refractivity contribution in [2.45, 2.75) is 20.8 Å². The lowest BCUT2D eigenvalue weighted by Crippen LogP contribution is -2.11. The first-order valence-electron chi connectivity index (χ1n) is 4.85. The summed E-state index contributed by atoms with van der Waals surface area (Å²) >= 11 is 3.38. The molecule has 0 aromatic heterocycles. The van der Waals surface area contributed by atoms with Gasteiger partial charge in [0, 0.05) is 10.4 Å². The van der Waals surface area contributed by atoms with Crippen molar-refractivity contribution in [3.8, 4) is 5.75 Å². The van der Waals surface area contributed by atoms with E-state index in [9.17, 15) is 4.79 Å². The van der Waals surface area contributed by atoms with Crippen LogP contribution in [0.25, 0.3) is 0 Å². The Balaban J connectivity index is 3.33. The van der Waals surface area contributed by atoms with Gasteiger partial charge in [0.2, 0.25) is 0 Å². The van der Waals surface area contributed by atoms with Crippen LogP contribution in [0.5, 0.6) is 5.75 Å². The van der Waals surface area contributed by atoms with Gasteiger partial charge < -0.3 is 4.74 Å². The minimum atomic E-state index is -0.0150. The summed E-state index contributed by atoms with van der Waals surface area (Å²) in [7, 11) is 1.58. The van der Waals surface area contributed by atoms with Gasteiger partial charge in [0.1, 0.15) is 5.75 Å². The maximum atomic E-state index is 12.0. The quantitative estimate of drug-likeness (QED) is 0.785. The molecule has 82 valence electrons. The van der Waals surface area contributed by atoms with E-state index in [1.807, 2.05) is 32.9 Å². The summed E-state index contributed by atoms with van der Waals surface area (Å²) in [5, 5.41) is 0. The fraction of sp³-hybridized carbons (Fsp3) is 0.417. The van der Waals surface area contributed by atoms with Crippen LogP contribution in [-0.2, 0) is 0 Å². The average molecular weight is 271 g/mol. The summed E-state index contributed by atoms with van der Waals surface area (Å²) in [6.07, 6.45) is 0. The number of methoxy groups -OCH3 is 1. The van der Waals surface area contributed by atoms with E-state index in [0.717, 1.165) is 10.0 Å². The van der Waals surface area contributed by atoms with Crippen molar-refractivity contribution in [3.63, 3.8) is 0 Å². The zero-order valence-corrected chi connectivity index (χ0v) is 11.0. The van der Waals surface area contributed by atoms with Crippen molar-refractivity contribution in [2.24, 2.45) is 5.92 Å². The Kier molecular flexibility index (Phi) is 3.91. The molecule has 0 aliphatic heterocycles. The van der Waals surface area contributed by atoms with Crippen LogP contribution in [-0.4, -0.2) is 12.9 Å². The van der Waals surface area contributed by atoms with Crippen molar-refractivity contribution >= 4 is 21.7 Å². The molecule has 0 saturated carbocycles. The molecule has 1 aromatic rings. The third-order valence-corrected chi connectivity index (χ3v) is 2.71. The second-order valence-corrected chi connectivity index (χ2v) is 4.73. The van der Waals surface area contributed by atoms with Gasteiger partial charge in [0.05, 0.1) is 12.7 Å². The third kappa shape index (κ3) is 2.59. The number of carbonyl (C=O) groups is 1. The van der Waals surface area contributed by atoms with Gasteiger partial charge >= 0.3 is 0 Å². The predicted octanol–water partition coefficient (Wildman–Crippen LogP) is 3.60. The summed E-state index contributed by atoms with van der Waals surface area (Å²) in [4.78, 5) is 12.0. The average Bonchev–Trinajstić information content (AvgIpc) is 2.15. The topological polar surface area (TPSA) is 26.3 Å². The van der Waals surface area contributed by atoms with Gasteiger partial charge in [0.25, 0.3) is 0 Å². The van der Waals surface area contributed by atoms with E-state index < -0.39 is 0 Å². The van der Waals surface area contributed by atoms with Crippen LogP contribution in [0.3, 0.4) is 0 Å². The van der Waals surface area contributed by atoms with E-state index in [0.29, 0.717) is 11.3 Å². The highest BCUT2D eigenvalue weighted by atomic mass is 79.9. The third-order valence-electron chi connectivity index (χ3n) is 2.25. The van der Waals surface area contributed by atoms with Crippen LogP contribution in [0.2, 0.25) is 0 Å². The van der Waals surface area contributed by atoms with E-state index >= 15 is 0 Å².